The number of nitrogens with one attached hydrogen (secondary N) is 1. The second-order valence-corrected chi connectivity index (χ2v) is 8.06. The lowest BCUT2D eigenvalue weighted by atomic mass is 9.96. The molecule has 150 valence electrons. The molecule has 1 aliphatic rings. The van der Waals surface area contributed by atoms with Crippen molar-refractivity contribution in [1.29, 1.82) is 0 Å². The third-order valence-corrected chi connectivity index (χ3v) is 5.93. The molecule has 3 aromatic rings. The van der Waals surface area contributed by atoms with E-state index >= 15 is 0 Å². The molecule has 0 aliphatic carbocycles. The van der Waals surface area contributed by atoms with Crippen LogP contribution >= 0.6 is 12.2 Å². The fraction of sp³-hybridized carbons (Fsp3) is 0.348. The SMILES string of the molecule is CCCN1C(=S)N[C@@H](c2ccccn2)[C@@H]1c1cc(C)n(-c2cc(C)ccn2)c1C. The molecule has 4 rings (SSSR count). The van der Waals surface area contributed by atoms with E-state index < -0.39 is 0 Å². The third-order valence-electron chi connectivity index (χ3n) is 5.58. The van der Waals surface area contributed by atoms with Gasteiger partial charge in [0, 0.05) is 30.3 Å². The van der Waals surface area contributed by atoms with E-state index in [4.69, 9.17) is 12.2 Å². The summed E-state index contributed by atoms with van der Waals surface area (Å²) in [5, 5.41) is 4.33. The lowest BCUT2D eigenvalue weighted by Gasteiger charge is -2.27. The molecule has 0 aromatic carbocycles. The molecule has 0 radical (unpaired) electrons. The minimum atomic E-state index is 0.0228. The maximum atomic E-state index is 5.72. The van der Waals surface area contributed by atoms with Crippen molar-refractivity contribution in [2.75, 3.05) is 6.54 Å². The molecule has 0 spiro atoms. The van der Waals surface area contributed by atoms with E-state index in [9.17, 15) is 0 Å². The Bertz CT molecular complexity index is 1030. The summed E-state index contributed by atoms with van der Waals surface area (Å²) in [6.45, 7) is 9.51. The maximum absolute atomic E-state index is 5.72. The minimum Gasteiger partial charge on any atom is -0.352 e. The van der Waals surface area contributed by atoms with Gasteiger partial charge in [0.1, 0.15) is 5.82 Å². The fourth-order valence-electron chi connectivity index (χ4n) is 4.31. The molecule has 0 bridgehead atoms. The van der Waals surface area contributed by atoms with E-state index in [1.54, 1.807) is 0 Å². The molecule has 4 heterocycles. The lowest BCUT2D eigenvalue weighted by Crippen LogP contribution is -2.30. The number of hydrogen-bond acceptors (Lipinski definition) is 3. The van der Waals surface area contributed by atoms with E-state index in [1.165, 1.54) is 22.5 Å². The fourth-order valence-corrected chi connectivity index (χ4v) is 4.64. The van der Waals surface area contributed by atoms with Gasteiger partial charge in [0.25, 0.3) is 0 Å². The monoisotopic (exact) mass is 405 g/mol. The van der Waals surface area contributed by atoms with Gasteiger partial charge in [-0.15, -0.1) is 0 Å². The molecule has 1 aliphatic heterocycles. The zero-order valence-electron chi connectivity index (χ0n) is 17.4. The van der Waals surface area contributed by atoms with Gasteiger partial charge in [-0.2, -0.15) is 0 Å². The van der Waals surface area contributed by atoms with Crippen LogP contribution in [0.5, 0.6) is 0 Å². The molecular formula is C23H27N5S. The Morgan fingerprint density at radius 3 is 2.59 bits per heavy atom. The van der Waals surface area contributed by atoms with E-state index in [0.29, 0.717) is 0 Å². The number of aryl methyl sites for hydroxylation is 2. The topological polar surface area (TPSA) is 46.0 Å². The third kappa shape index (κ3) is 3.53. The average molecular weight is 406 g/mol. The molecule has 0 unspecified atom stereocenters. The van der Waals surface area contributed by atoms with Gasteiger partial charge in [-0.05, 0) is 80.9 Å². The molecule has 5 nitrogen and oxygen atoms in total. The number of thiocarbonyl (C=S) groups is 1. The van der Waals surface area contributed by atoms with Crippen LogP contribution in [-0.2, 0) is 0 Å². The number of nitrogens with zero attached hydrogens (tertiary/aromatic N) is 4. The van der Waals surface area contributed by atoms with Crippen LogP contribution in [0.2, 0.25) is 0 Å². The van der Waals surface area contributed by atoms with Gasteiger partial charge in [0.2, 0.25) is 0 Å². The number of rotatable bonds is 5. The Morgan fingerprint density at radius 2 is 1.90 bits per heavy atom. The van der Waals surface area contributed by atoms with E-state index in [2.05, 4.69) is 70.6 Å². The van der Waals surface area contributed by atoms with Gasteiger partial charge in [-0.1, -0.05) is 13.0 Å². The first-order chi connectivity index (χ1) is 14.0. The van der Waals surface area contributed by atoms with Crippen molar-refractivity contribution in [3.63, 3.8) is 0 Å². The van der Waals surface area contributed by atoms with Gasteiger partial charge in [0.05, 0.1) is 17.8 Å². The van der Waals surface area contributed by atoms with E-state index in [1.807, 2.05) is 30.6 Å². The predicted octanol–water partition coefficient (Wildman–Crippen LogP) is 4.58. The Balaban J connectivity index is 1.84. The molecule has 0 amide bonds. The van der Waals surface area contributed by atoms with Crippen molar-refractivity contribution in [3.05, 3.63) is 77.0 Å². The zero-order chi connectivity index (χ0) is 20.5. The number of pyridine rings is 2. The Labute approximate surface area is 177 Å². The van der Waals surface area contributed by atoms with Crippen LogP contribution in [-0.4, -0.2) is 31.1 Å². The van der Waals surface area contributed by atoms with Gasteiger partial charge in [-0.25, -0.2) is 4.98 Å². The smallest absolute Gasteiger partial charge is 0.170 e. The Morgan fingerprint density at radius 1 is 1.07 bits per heavy atom. The second-order valence-electron chi connectivity index (χ2n) is 7.67. The molecule has 1 saturated heterocycles. The van der Waals surface area contributed by atoms with Crippen LogP contribution in [0, 0.1) is 20.8 Å². The van der Waals surface area contributed by atoms with Crippen molar-refractivity contribution in [1.82, 2.24) is 24.8 Å². The zero-order valence-corrected chi connectivity index (χ0v) is 18.2. The predicted molar refractivity (Wildman–Crippen MR) is 120 cm³/mol. The molecule has 6 heteroatoms. The highest BCUT2D eigenvalue weighted by Gasteiger charge is 2.40. The first kappa shape index (κ1) is 19.6. The summed E-state index contributed by atoms with van der Waals surface area (Å²) in [4.78, 5) is 11.6. The summed E-state index contributed by atoms with van der Waals surface area (Å²) in [6.07, 6.45) is 4.75. The molecular weight excluding hydrogens is 378 g/mol. The van der Waals surface area contributed by atoms with Gasteiger partial charge in [-0.3, -0.25) is 4.98 Å². The summed E-state index contributed by atoms with van der Waals surface area (Å²) < 4.78 is 2.24. The van der Waals surface area contributed by atoms with E-state index in [0.717, 1.165) is 29.6 Å². The Kier molecular flexibility index (Phi) is 5.37. The summed E-state index contributed by atoms with van der Waals surface area (Å²) >= 11 is 5.72. The maximum Gasteiger partial charge on any atom is 0.170 e. The van der Waals surface area contributed by atoms with Crippen LogP contribution < -0.4 is 5.32 Å². The largest absolute Gasteiger partial charge is 0.352 e. The highest BCUT2D eigenvalue weighted by molar-refractivity contribution is 7.80. The average Bonchev–Trinajstić information content (AvgIpc) is 3.18. The second kappa shape index (κ2) is 7.95. The van der Waals surface area contributed by atoms with Crippen LogP contribution in [0.15, 0.2) is 48.8 Å². The highest BCUT2D eigenvalue weighted by atomic mass is 32.1. The van der Waals surface area contributed by atoms with Crippen LogP contribution in [0.25, 0.3) is 5.82 Å². The standard InChI is InChI=1S/C23H27N5S/c1-5-12-27-22(21(26-23(27)29)19-8-6-7-10-24-19)18-14-16(3)28(17(18)4)20-13-15(2)9-11-25-20/h6-11,13-14,21-22H,5,12H2,1-4H3,(H,26,29)/t21-,22-/m0/s1. The molecule has 1 fully saturated rings. The minimum absolute atomic E-state index is 0.0228. The molecule has 29 heavy (non-hydrogen) atoms. The summed E-state index contributed by atoms with van der Waals surface area (Å²) in [5.74, 6) is 0.955. The molecule has 0 saturated carbocycles. The number of aromatic nitrogens is 3. The first-order valence-electron chi connectivity index (χ1n) is 10.1. The van der Waals surface area contributed by atoms with Crippen molar-refractivity contribution < 1.29 is 0 Å². The quantitative estimate of drug-likeness (QED) is 0.630. The first-order valence-corrected chi connectivity index (χ1v) is 10.5. The van der Waals surface area contributed by atoms with Crippen molar-refractivity contribution >= 4 is 17.3 Å². The molecule has 3 aromatic heterocycles. The normalized spacial score (nSPS) is 18.9. The molecule has 2 atom stereocenters. The summed E-state index contributed by atoms with van der Waals surface area (Å²) in [6, 6.07) is 12.6. The van der Waals surface area contributed by atoms with Crippen LogP contribution in [0.3, 0.4) is 0 Å². The lowest BCUT2D eigenvalue weighted by molar-refractivity contribution is 0.316. The summed E-state index contributed by atoms with van der Waals surface area (Å²) in [7, 11) is 0. The van der Waals surface area contributed by atoms with E-state index in [-0.39, 0.29) is 12.1 Å². The van der Waals surface area contributed by atoms with Crippen LogP contribution in [0.1, 0.15) is 53.6 Å². The number of hydrogen-bond donors (Lipinski definition) is 1. The van der Waals surface area contributed by atoms with Crippen molar-refractivity contribution in [3.8, 4) is 5.82 Å². The summed E-state index contributed by atoms with van der Waals surface area (Å²) in [5.41, 5.74) is 5.84. The van der Waals surface area contributed by atoms with Gasteiger partial charge in [0.15, 0.2) is 5.11 Å². The Hall–Kier alpha value is -2.73. The van der Waals surface area contributed by atoms with Crippen molar-refractivity contribution in [2.24, 2.45) is 0 Å². The highest BCUT2D eigenvalue weighted by Crippen LogP contribution is 2.41. The van der Waals surface area contributed by atoms with Crippen LogP contribution in [0.4, 0.5) is 0 Å². The van der Waals surface area contributed by atoms with Gasteiger partial charge >= 0.3 is 0 Å². The van der Waals surface area contributed by atoms with Gasteiger partial charge < -0.3 is 14.8 Å². The molecule has 1 N–H and O–H groups in total. The van der Waals surface area contributed by atoms with Crippen molar-refractivity contribution in [2.45, 2.75) is 46.2 Å².